The van der Waals surface area contributed by atoms with Gasteiger partial charge in [0.2, 0.25) is 10.0 Å². The number of carbonyl (C=O) groups excluding carboxylic acids is 1. The van der Waals surface area contributed by atoms with Gasteiger partial charge in [0.15, 0.2) is 0 Å². The average molecular weight is 425 g/mol. The van der Waals surface area contributed by atoms with Crippen molar-refractivity contribution in [1.82, 2.24) is 9.62 Å². The van der Waals surface area contributed by atoms with Crippen LogP contribution in [-0.4, -0.2) is 52.0 Å². The van der Waals surface area contributed by atoms with E-state index in [-0.39, 0.29) is 30.1 Å². The summed E-state index contributed by atoms with van der Waals surface area (Å²) in [6.07, 6.45) is 0. The Morgan fingerprint density at radius 3 is 2.50 bits per heavy atom. The first-order valence-corrected chi connectivity index (χ1v) is 10.5. The molecule has 2 aromatic rings. The van der Waals surface area contributed by atoms with Crippen LogP contribution >= 0.6 is 11.6 Å². The Morgan fingerprint density at radius 1 is 1.18 bits per heavy atom. The summed E-state index contributed by atoms with van der Waals surface area (Å²) in [6.45, 7) is 1.55. The Labute approximate surface area is 169 Å². The fourth-order valence-electron chi connectivity index (χ4n) is 2.84. The minimum Gasteiger partial charge on any atom is -0.496 e. The van der Waals surface area contributed by atoms with E-state index < -0.39 is 15.9 Å². The molecule has 1 aliphatic rings. The first kappa shape index (κ1) is 20.6. The summed E-state index contributed by atoms with van der Waals surface area (Å²) in [5.74, 6) is -0.125. The molecule has 0 aliphatic carbocycles. The van der Waals surface area contributed by atoms with Gasteiger partial charge in [-0.25, -0.2) is 8.42 Å². The van der Waals surface area contributed by atoms with E-state index in [1.54, 1.807) is 24.3 Å². The van der Waals surface area contributed by atoms with Crippen LogP contribution in [0.15, 0.2) is 47.4 Å². The molecule has 3 rings (SSSR count). The molecule has 0 radical (unpaired) electrons. The van der Waals surface area contributed by atoms with Gasteiger partial charge in [-0.3, -0.25) is 4.79 Å². The van der Waals surface area contributed by atoms with Gasteiger partial charge in [-0.15, -0.1) is 0 Å². The summed E-state index contributed by atoms with van der Waals surface area (Å²) in [6, 6.07) is 11.4. The lowest BCUT2D eigenvalue weighted by atomic mass is 10.1. The second-order valence-corrected chi connectivity index (χ2v) is 8.56. The lowest BCUT2D eigenvalue weighted by Gasteiger charge is -2.26. The number of methoxy groups -OCH3 is 1. The molecule has 1 fully saturated rings. The molecular weight excluding hydrogens is 404 g/mol. The SMILES string of the molecule is COc1ccc(S(=O)(=O)N2CCOCC2)cc1C(=O)NCc1ccc(Cl)cc1. The fourth-order valence-corrected chi connectivity index (χ4v) is 4.40. The van der Waals surface area contributed by atoms with Gasteiger partial charge in [0.25, 0.3) is 5.91 Å². The quantitative estimate of drug-likeness (QED) is 0.769. The van der Waals surface area contributed by atoms with E-state index in [1.165, 1.54) is 29.6 Å². The van der Waals surface area contributed by atoms with E-state index in [1.807, 2.05) is 0 Å². The lowest BCUT2D eigenvalue weighted by Crippen LogP contribution is -2.40. The Kier molecular flexibility index (Phi) is 6.56. The highest BCUT2D eigenvalue weighted by Gasteiger charge is 2.28. The van der Waals surface area contributed by atoms with E-state index in [2.05, 4.69) is 5.32 Å². The number of carbonyl (C=O) groups is 1. The third-order valence-corrected chi connectivity index (χ3v) is 6.54. The van der Waals surface area contributed by atoms with Gasteiger partial charge in [-0.2, -0.15) is 4.31 Å². The summed E-state index contributed by atoms with van der Waals surface area (Å²) in [7, 11) is -2.28. The van der Waals surface area contributed by atoms with Gasteiger partial charge in [0.1, 0.15) is 5.75 Å². The van der Waals surface area contributed by atoms with Gasteiger partial charge in [0.05, 0.1) is 30.8 Å². The molecular formula is C19H21ClN2O5S. The molecule has 0 spiro atoms. The van der Waals surface area contributed by atoms with Crippen molar-refractivity contribution < 1.29 is 22.7 Å². The van der Waals surface area contributed by atoms with Crippen LogP contribution in [0.1, 0.15) is 15.9 Å². The minimum atomic E-state index is -3.71. The third kappa shape index (κ3) is 4.64. The van der Waals surface area contributed by atoms with Crippen molar-refractivity contribution >= 4 is 27.5 Å². The van der Waals surface area contributed by atoms with Gasteiger partial charge in [-0.05, 0) is 35.9 Å². The van der Waals surface area contributed by atoms with Crippen molar-refractivity contribution in [2.45, 2.75) is 11.4 Å². The molecule has 1 amide bonds. The molecule has 150 valence electrons. The molecule has 1 aliphatic heterocycles. The van der Waals surface area contributed by atoms with Crippen molar-refractivity contribution in [3.8, 4) is 5.75 Å². The van der Waals surface area contributed by atoms with Crippen molar-refractivity contribution in [2.75, 3.05) is 33.4 Å². The third-order valence-electron chi connectivity index (χ3n) is 4.39. The maximum Gasteiger partial charge on any atom is 0.255 e. The number of benzene rings is 2. The molecule has 1 N–H and O–H groups in total. The summed E-state index contributed by atoms with van der Waals surface area (Å²) in [5.41, 5.74) is 1.03. The zero-order valence-corrected chi connectivity index (χ0v) is 16.9. The number of halogens is 1. The second-order valence-electron chi connectivity index (χ2n) is 6.19. The number of rotatable bonds is 6. The van der Waals surface area contributed by atoms with Crippen molar-refractivity contribution in [1.29, 1.82) is 0 Å². The maximum atomic E-state index is 12.9. The first-order valence-electron chi connectivity index (χ1n) is 8.70. The highest BCUT2D eigenvalue weighted by Crippen LogP contribution is 2.25. The molecule has 28 heavy (non-hydrogen) atoms. The van der Waals surface area contributed by atoms with E-state index in [4.69, 9.17) is 21.1 Å². The highest BCUT2D eigenvalue weighted by molar-refractivity contribution is 7.89. The predicted molar refractivity (Wildman–Crippen MR) is 105 cm³/mol. The molecule has 0 unspecified atom stereocenters. The molecule has 0 aromatic heterocycles. The van der Waals surface area contributed by atoms with E-state index in [9.17, 15) is 13.2 Å². The molecule has 1 heterocycles. The van der Waals surface area contributed by atoms with E-state index in [0.29, 0.717) is 24.0 Å². The van der Waals surface area contributed by atoms with Crippen LogP contribution in [0.2, 0.25) is 5.02 Å². The van der Waals surface area contributed by atoms with Crippen LogP contribution in [0.4, 0.5) is 0 Å². The number of ether oxygens (including phenoxy) is 2. The molecule has 2 aromatic carbocycles. The Bertz CT molecular complexity index is 941. The Hall–Kier alpha value is -2.13. The Balaban J connectivity index is 1.82. The van der Waals surface area contributed by atoms with E-state index in [0.717, 1.165) is 5.56 Å². The average Bonchev–Trinajstić information content (AvgIpc) is 2.73. The summed E-state index contributed by atoms with van der Waals surface area (Å²) >= 11 is 5.86. The number of amides is 1. The standard InChI is InChI=1S/C19H21ClN2O5S/c1-26-18-7-6-16(28(24,25)22-8-10-27-11-9-22)12-17(18)19(23)21-13-14-2-4-15(20)5-3-14/h2-7,12H,8-11,13H2,1H3,(H,21,23). The number of hydrogen-bond donors (Lipinski definition) is 1. The number of hydrogen-bond acceptors (Lipinski definition) is 5. The molecule has 0 bridgehead atoms. The molecule has 1 saturated heterocycles. The van der Waals surface area contributed by atoms with Crippen LogP contribution in [0.3, 0.4) is 0 Å². The molecule has 9 heteroatoms. The summed E-state index contributed by atoms with van der Waals surface area (Å²) < 4.78 is 37.5. The predicted octanol–water partition coefficient (Wildman–Crippen LogP) is 2.30. The molecule has 0 saturated carbocycles. The summed E-state index contributed by atoms with van der Waals surface area (Å²) in [5, 5.41) is 3.39. The number of nitrogens with zero attached hydrogens (tertiary/aromatic N) is 1. The second kappa shape index (κ2) is 8.91. The zero-order chi connectivity index (χ0) is 20.1. The van der Waals surface area contributed by atoms with Crippen LogP contribution in [0.5, 0.6) is 5.75 Å². The van der Waals surface area contributed by atoms with E-state index >= 15 is 0 Å². The number of nitrogens with one attached hydrogen (secondary N) is 1. The number of morpholine rings is 1. The van der Waals surface area contributed by atoms with Crippen LogP contribution in [0.25, 0.3) is 0 Å². The van der Waals surface area contributed by atoms with Gasteiger partial charge in [0, 0.05) is 24.7 Å². The maximum absolute atomic E-state index is 12.9. The van der Waals surface area contributed by atoms with Gasteiger partial charge >= 0.3 is 0 Å². The van der Waals surface area contributed by atoms with Crippen molar-refractivity contribution in [3.05, 3.63) is 58.6 Å². The Morgan fingerprint density at radius 2 is 1.86 bits per heavy atom. The molecule has 7 nitrogen and oxygen atoms in total. The monoisotopic (exact) mass is 424 g/mol. The van der Waals surface area contributed by atoms with Gasteiger partial charge in [-0.1, -0.05) is 23.7 Å². The first-order chi connectivity index (χ1) is 13.4. The summed E-state index contributed by atoms with van der Waals surface area (Å²) in [4.78, 5) is 12.7. The topological polar surface area (TPSA) is 84.9 Å². The van der Waals surface area contributed by atoms with Crippen LogP contribution in [0, 0.1) is 0 Å². The zero-order valence-electron chi connectivity index (χ0n) is 15.4. The normalized spacial score (nSPS) is 15.2. The van der Waals surface area contributed by atoms with Crippen LogP contribution in [-0.2, 0) is 21.3 Å². The van der Waals surface area contributed by atoms with Crippen LogP contribution < -0.4 is 10.1 Å². The molecule has 0 atom stereocenters. The minimum absolute atomic E-state index is 0.0480. The van der Waals surface area contributed by atoms with Crippen molar-refractivity contribution in [2.24, 2.45) is 0 Å². The highest BCUT2D eigenvalue weighted by atomic mass is 35.5. The van der Waals surface area contributed by atoms with Crippen molar-refractivity contribution in [3.63, 3.8) is 0 Å². The van der Waals surface area contributed by atoms with Gasteiger partial charge < -0.3 is 14.8 Å². The number of sulfonamides is 1. The largest absolute Gasteiger partial charge is 0.496 e. The smallest absolute Gasteiger partial charge is 0.255 e. The fraction of sp³-hybridized carbons (Fsp3) is 0.316. The lowest BCUT2D eigenvalue weighted by molar-refractivity contribution is 0.0730.